The number of amides is 1. The van der Waals surface area contributed by atoms with Crippen molar-refractivity contribution in [3.05, 3.63) is 4.88 Å². The molecule has 6 nitrogen and oxygen atoms in total. The molecule has 1 aromatic heterocycles. The zero-order valence-electron chi connectivity index (χ0n) is 12.9. The zero-order valence-corrected chi connectivity index (χ0v) is 13.7. The van der Waals surface area contributed by atoms with Gasteiger partial charge in [0.05, 0.1) is 0 Å². The van der Waals surface area contributed by atoms with E-state index < -0.39 is 0 Å². The number of aromatic nitrogens is 1. The minimum Gasteiger partial charge on any atom is -0.382 e. The van der Waals surface area contributed by atoms with Crippen LogP contribution in [0.2, 0.25) is 0 Å². The van der Waals surface area contributed by atoms with Crippen LogP contribution >= 0.6 is 11.3 Å². The predicted molar refractivity (Wildman–Crippen MR) is 85.9 cm³/mol. The van der Waals surface area contributed by atoms with Gasteiger partial charge < -0.3 is 15.5 Å². The third-order valence-corrected chi connectivity index (χ3v) is 5.64. The fraction of sp³-hybridized carbons (Fsp3) is 0.714. The Bertz CT molecular complexity index is 543. The Morgan fingerprint density at radius 1 is 1.43 bits per heavy atom. The van der Waals surface area contributed by atoms with E-state index in [0.717, 1.165) is 18.2 Å². The van der Waals surface area contributed by atoms with Crippen LogP contribution in [-0.4, -0.2) is 66.5 Å². The molecule has 2 aliphatic heterocycles. The largest absolute Gasteiger partial charge is 0.382 e. The molecule has 21 heavy (non-hydrogen) atoms. The number of nitrogens with zero attached hydrogens (tertiary/aromatic N) is 4. The molecule has 2 atom stereocenters. The average Bonchev–Trinajstić information content (AvgIpc) is 3.03. The van der Waals surface area contributed by atoms with Crippen LogP contribution in [0, 0.1) is 0 Å². The van der Waals surface area contributed by atoms with Crippen molar-refractivity contribution < 1.29 is 4.79 Å². The van der Waals surface area contributed by atoms with Crippen LogP contribution in [0.4, 0.5) is 10.9 Å². The molecule has 2 saturated heterocycles. The topological polar surface area (TPSA) is 65.7 Å². The van der Waals surface area contributed by atoms with Gasteiger partial charge in [-0.05, 0) is 26.3 Å². The van der Waals surface area contributed by atoms with E-state index in [1.165, 1.54) is 30.7 Å². The molecule has 2 fully saturated rings. The van der Waals surface area contributed by atoms with Gasteiger partial charge in [-0.1, -0.05) is 11.3 Å². The summed E-state index contributed by atoms with van der Waals surface area (Å²) in [6, 6.07) is 0.753. The summed E-state index contributed by atoms with van der Waals surface area (Å²) in [5.41, 5.74) is 5.95. The van der Waals surface area contributed by atoms with Crippen LogP contribution in [0.3, 0.4) is 0 Å². The van der Waals surface area contributed by atoms with Crippen molar-refractivity contribution in [1.29, 1.82) is 0 Å². The summed E-state index contributed by atoms with van der Waals surface area (Å²) in [4.78, 5) is 24.1. The molecule has 0 radical (unpaired) electrons. The molecule has 3 heterocycles. The van der Waals surface area contributed by atoms with Crippen LogP contribution in [0.1, 0.15) is 29.4 Å². The first kappa shape index (κ1) is 14.6. The monoisotopic (exact) mass is 309 g/mol. The van der Waals surface area contributed by atoms with Crippen LogP contribution in [0.15, 0.2) is 0 Å². The molecular formula is C14H23N5OS. The van der Waals surface area contributed by atoms with Crippen LogP contribution in [0.25, 0.3) is 0 Å². The third-order valence-electron chi connectivity index (χ3n) is 4.42. The van der Waals surface area contributed by atoms with Gasteiger partial charge in [-0.2, -0.15) is 0 Å². The molecule has 0 saturated carbocycles. The maximum Gasteiger partial charge on any atom is 0.268 e. The van der Waals surface area contributed by atoms with E-state index in [4.69, 9.17) is 5.73 Å². The Kier molecular flexibility index (Phi) is 3.79. The van der Waals surface area contributed by atoms with E-state index in [2.05, 4.69) is 16.8 Å². The fourth-order valence-corrected chi connectivity index (χ4v) is 4.13. The Balaban J connectivity index is 1.81. The summed E-state index contributed by atoms with van der Waals surface area (Å²) in [6.45, 7) is 5.07. The lowest BCUT2D eigenvalue weighted by Gasteiger charge is -2.42. The number of nitrogens with two attached hydrogens (primary N) is 1. The van der Waals surface area contributed by atoms with E-state index in [1.807, 2.05) is 23.9 Å². The molecule has 3 rings (SSSR count). The van der Waals surface area contributed by atoms with Gasteiger partial charge in [0.25, 0.3) is 5.91 Å². The van der Waals surface area contributed by atoms with Gasteiger partial charge in [-0.25, -0.2) is 4.98 Å². The number of anilines is 2. The number of hydrogen-bond donors (Lipinski definition) is 1. The summed E-state index contributed by atoms with van der Waals surface area (Å²) in [5.74, 6) is 0.395. The SMILES string of the molecule is CC1CN2CCCC2CN1C(=O)c1sc(N(C)C)nc1N. The lowest BCUT2D eigenvalue weighted by atomic mass is 10.1. The van der Waals surface area contributed by atoms with Crippen molar-refractivity contribution in [2.45, 2.75) is 31.8 Å². The molecule has 2 aliphatic rings. The normalized spacial score (nSPS) is 26.0. The smallest absolute Gasteiger partial charge is 0.268 e. The van der Waals surface area contributed by atoms with Gasteiger partial charge in [0.2, 0.25) is 0 Å². The highest BCUT2D eigenvalue weighted by Gasteiger charge is 2.37. The van der Waals surface area contributed by atoms with Crippen molar-refractivity contribution in [3.8, 4) is 0 Å². The van der Waals surface area contributed by atoms with Crippen molar-refractivity contribution in [2.24, 2.45) is 0 Å². The van der Waals surface area contributed by atoms with E-state index in [-0.39, 0.29) is 11.9 Å². The molecule has 0 spiro atoms. The molecule has 0 bridgehead atoms. The predicted octanol–water partition coefficient (Wildman–Crippen LogP) is 1.10. The first-order valence-corrected chi connectivity index (χ1v) is 8.27. The second kappa shape index (κ2) is 5.46. The second-order valence-corrected chi connectivity index (χ2v) is 7.18. The van der Waals surface area contributed by atoms with Crippen LogP contribution in [-0.2, 0) is 0 Å². The maximum absolute atomic E-state index is 12.8. The Hall–Kier alpha value is -1.34. The number of rotatable bonds is 2. The highest BCUT2D eigenvalue weighted by Crippen LogP contribution is 2.31. The van der Waals surface area contributed by atoms with Crippen molar-refractivity contribution in [2.75, 3.05) is 44.4 Å². The van der Waals surface area contributed by atoms with Crippen molar-refractivity contribution in [1.82, 2.24) is 14.8 Å². The van der Waals surface area contributed by atoms with Gasteiger partial charge in [-0.3, -0.25) is 9.69 Å². The number of thiazole rings is 1. The Morgan fingerprint density at radius 3 is 2.86 bits per heavy atom. The Labute approximate surface area is 129 Å². The summed E-state index contributed by atoms with van der Waals surface area (Å²) >= 11 is 1.38. The lowest BCUT2D eigenvalue weighted by Crippen LogP contribution is -2.56. The van der Waals surface area contributed by atoms with E-state index in [1.54, 1.807) is 0 Å². The molecular weight excluding hydrogens is 286 g/mol. The average molecular weight is 309 g/mol. The van der Waals surface area contributed by atoms with Gasteiger partial charge >= 0.3 is 0 Å². The third kappa shape index (κ3) is 2.60. The van der Waals surface area contributed by atoms with E-state index in [0.29, 0.717) is 16.7 Å². The maximum atomic E-state index is 12.8. The summed E-state index contributed by atoms with van der Waals surface area (Å²) in [6.07, 6.45) is 2.44. The standard InChI is InChI=1S/C14H23N5OS/c1-9-7-18-6-4-5-10(18)8-19(9)13(20)11-12(15)16-14(21-11)17(2)3/h9-10H,4-8,15H2,1-3H3. The van der Waals surface area contributed by atoms with Gasteiger partial charge in [-0.15, -0.1) is 0 Å². The van der Waals surface area contributed by atoms with Crippen LogP contribution < -0.4 is 10.6 Å². The minimum atomic E-state index is 0.0390. The molecule has 0 aromatic carbocycles. The second-order valence-electron chi connectivity index (χ2n) is 6.20. The molecule has 0 aliphatic carbocycles. The summed E-state index contributed by atoms with van der Waals surface area (Å²) < 4.78 is 0. The number of carbonyl (C=O) groups is 1. The quantitative estimate of drug-likeness (QED) is 0.886. The molecule has 2 N–H and O–H groups in total. The van der Waals surface area contributed by atoms with Gasteiger partial charge in [0.1, 0.15) is 10.7 Å². The lowest BCUT2D eigenvalue weighted by molar-refractivity contribution is 0.0400. The number of carbonyl (C=O) groups excluding carboxylic acids is 1. The van der Waals surface area contributed by atoms with Gasteiger partial charge in [0.15, 0.2) is 5.13 Å². The Morgan fingerprint density at radius 2 is 2.19 bits per heavy atom. The number of nitrogen functional groups attached to an aromatic ring is 1. The highest BCUT2D eigenvalue weighted by molar-refractivity contribution is 7.18. The number of fused-ring (bicyclic) bond motifs is 1. The van der Waals surface area contributed by atoms with Crippen molar-refractivity contribution >= 4 is 28.2 Å². The first-order valence-electron chi connectivity index (χ1n) is 7.46. The molecule has 2 unspecified atom stereocenters. The number of piperazine rings is 1. The molecule has 1 aromatic rings. The number of hydrogen-bond acceptors (Lipinski definition) is 6. The molecule has 116 valence electrons. The van der Waals surface area contributed by atoms with E-state index >= 15 is 0 Å². The van der Waals surface area contributed by atoms with E-state index in [9.17, 15) is 4.79 Å². The van der Waals surface area contributed by atoms with Gasteiger partial charge in [0, 0.05) is 39.3 Å². The molecule has 1 amide bonds. The molecule has 7 heteroatoms. The zero-order chi connectivity index (χ0) is 15.1. The minimum absolute atomic E-state index is 0.0390. The fourth-order valence-electron chi connectivity index (χ4n) is 3.27. The van der Waals surface area contributed by atoms with Crippen molar-refractivity contribution in [3.63, 3.8) is 0 Å². The van der Waals surface area contributed by atoms with Crippen LogP contribution in [0.5, 0.6) is 0 Å². The summed E-state index contributed by atoms with van der Waals surface area (Å²) in [7, 11) is 3.82. The summed E-state index contributed by atoms with van der Waals surface area (Å²) in [5, 5.41) is 0.781. The first-order chi connectivity index (χ1) is 9.97. The highest BCUT2D eigenvalue weighted by atomic mass is 32.1.